The zero-order valence-corrected chi connectivity index (χ0v) is 20.4. The van der Waals surface area contributed by atoms with E-state index in [2.05, 4.69) is 20.8 Å². The molecule has 5 nitrogen and oxygen atoms in total. The average molecular weight is 429 g/mol. The van der Waals surface area contributed by atoms with E-state index in [1.807, 2.05) is 6.92 Å². The zero-order chi connectivity index (χ0) is 22.6. The summed E-state index contributed by atoms with van der Waals surface area (Å²) in [6.07, 6.45) is 12.3. The molecule has 0 aromatic carbocycles. The standard InChI is InChI=1S/C25H48O5/c1-6-7-8-10-13-23(16-18-28-5)17-19-29-24(26)14-11-9-12-15-25(27)30-22(4)20-21(2)3/h21-23H,6-20H2,1-5H3. The maximum atomic E-state index is 11.9. The van der Waals surface area contributed by atoms with E-state index in [-0.39, 0.29) is 18.0 Å². The van der Waals surface area contributed by atoms with Crippen LogP contribution in [0.4, 0.5) is 0 Å². The first kappa shape index (κ1) is 28.9. The molecular weight excluding hydrogens is 380 g/mol. The molecule has 0 aromatic rings. The smallest absolute Gasteiger partial charge is 0.306 e. The summed E-state index contributed by atoms with van der Waals surface area (Å²) in [7, 11) is 1.74. The summed E-state index contributed by atoms with van der Waals surface area (Å²) in [5.74, 6) is 0.834. The van der Waals surface area contributed by atoms with Crippen molar-refractivity contribution in [3.8, 4) is 0 Å². The number of esters is 2. The molecule has 0 aliphatic carbocycles. The van der Waals surface area contributed by atoms with Crippen LogP contribution in [0.2, 0.25) is 0 Å². The molecule has 178 valence electrons. The second-order valence-electron chi connectivity index (χ2n) is 9.00. The second kappa shape index (κ2) is 19.8. The Morgan fingerprint density at radius 3 is 2.03 bits per heavy atom. The van der Waals surface area contributed by atoms with Crippen LogP contribution in [0.3, 0.4) is 0 Å². The molecule has 0 bridgehead atoms. The molecule has 0 aliphatic rings. The maximum absolute atomic E-state index is 11.9. The Morgan fingerprint density at radius 1 is 0.767 bits per heavy atom. The highest BCUT2D eigenvalue weighted by molar-refractivity contribution is 5.70. The highest BCUT2D eigenvalue weighted by Crippen LogP contribution is 2.19. The Hall–Kier alpha value is -1.10. The number of carbonyl (C=O) groups is 2. The number of rotatable bonds is 20. The Bertz CT molecular complexity index is 422. The molecule has 0 aliphatic heterocycles. The van der Waals surface area contributed by atoms with Crippen molar-refractivity contribution >= 4 is 11.9 Å². The lowest BCUT2D eigenvalue weighted by Crippen LogP contribution is -2.16. The minimum Gasteiger partial charge on any atom is -0.466 e. The van der Waals surface area contributed by atoms with E-state index in [1.165, 1.54) is 32.1 Å². The van der Waals surface area contributed by atoms with Crippen molar-refractivity contribution in [2.24, 2.45) is 11.8 Å². The van der Waals surface area contributed by atoms with Crippen molar-refractivity contribution in [2.75, 3.05) is 20.3 Å². The van der Waals surface area contributed by atoms with Gasteiger partial charge in [-0.2, -0.15) is 0 Å². The minimum absolute atomic E-state index is 0.0214. The summed E-state index contributed by atoms with van der Waals surface area (Å²) in [5, 5.41) is 0. The van der Waals surface area contributed by atoms with Crippen LogP contribution in [-0.4, -0.2) is 38.4 Å². The molecule has 0 heterocycles. The van der Waals surface area contributed by atoms with Crippen LogP contribution in [0.25, 0.3) is 0 Å². The predicted molar refractivity (Wildman–Crippen MR) is 122 cm³/mol. The van der Waals surface area contributed by atoms with Gasteiger partial charge in [-0.15, -0.1) is 0 Å². The van der Waals surface area contributed by atoms with E-state index in [0.29, 0.717) is 31.3 Å². The second-order valence-corrected chi connectivity index (χ2v) is 9.00. The predicted octanol–water partition coefficient (Wildman–Crippen LogP) is 6.47. The van der Waals surface area contributed by atoms with E-state index in [1.54, 1.807) is 7.11 Å². The molecular formula is C25H48O5. The fourth-order valence-electron chi connectivity index (χ4n) is 3.70. The summed E-state index contributed by atoms with van der Waals surface area (Å²) in [6, 6.07) is 0. The van der Waals surface area contributed by atoms with Gasteiger partial charge in [0.1, 0.15) is 0 Å². The number of hydrogen-bond acceptors (Lipinski definition) is 5. The number of carbonyl (C=O) groups excluding carboxylic acids is 2. The molecule has 0 radical (unpaired) electrons. The molecule has 2 unspecified atom stereocenters. The van der Waals surface area contributed by atoms with Crippen LogP contribution in [0.5, 0.6) is 0 Å². The van der Waals surface area contributed by atoms with Crippen LogP contribution in [0.1, 0.15) is 111 Å². The van der Waals surface area contributed by atoms with Gasteiger partial charge in [0.25, 0.3) is 0 Å². The largest absolute Gasteiger partial charge is 0.466 e. The van der Waals surface area contributed by atoms with Crippen molar-refractivity contribution in [1.29, 1.82) is 0 Å². The van der Waals surface area contributed by atoms with Gasteiger partial charge in [-0.3, -0.25) is 9.59 Å². The average Bonchev–Trinajstić information content (AvgIpc) is 2.67. The minimum atomic E-state index is -0.133. The van der Waals surface area contributed by atoms with Crippen molar-refractivity contribution < 1.29 is 23.8 Å². The van der Waals surface area contributed by atoms with Crippen LogP contribution in [0, 0.1) is 11.8 Å². The van der Waals surface area contributed by atoms with Crippen LogP contribution < -0.4 is 0 Å². The van der Waals surface area contributed by atoms with Crippen molar-refractivity contribution in [3.05, 3.63) is 0 Å². The van der Waals surface area contributed by atoms with Gasteiger partial charge in [-0.25, -0.2) is 0 Å². The lowest BCUT2D eigenvalue weighted by atomic mass is 9.95. The van der Waals surface area contributed by atoms with Crippen molar-refractivity contribution in [2.45, 2.75) is 117 Å². The Kier molecular flexibility index (Phi) is 19.1. The monoisotopic (exact) mass is 428 g/mol. The molecule has 0 spiro atoms. The molecule has 0 rings (SSSR count). The van der Waals surface area contributed by atoms with Gasteiger partial charge >= 0.3 is 11.9 Å². The first-order valence-corrected chi connectivity index (χ1v) is 12.2. The third kappa shape index (κ3) is 18.9. The quantitative estimate of drug-likeness (QED) is 0.164. The molecule has 0 saturated carbocycles. The summed E-state index contributed by atoms with van der Waals surface area (Å²) < 4.78 is 16.0. The third-order valence-corrected chi connectivity index (χ3v) is 5.38. The highest BCUT2D eigenvalue weighted by Gasteiger charge is 2.12. The first-order chi connectivity index (χ1) is 14.4. The normalized spacial score (nSPS) is 13.3. The molecule has 2 atom stereocenters. The van der Waals surface area contributed by atoms with E-state index >= 15 is 0 Å². The molecule has 30 heavy (non-hydrogen) atoms. The van der Waals surface area contributed by atoms with E-state index in [9.17, 15) is 9.59 Å². The Morgan fingerprint density at radius 2 is 1.40 bits per heavy atom. The summed E-state index contributed by atoms with van der Waals surface area (Å²) >= 11 is 0. The van der Waals surface area contributed by atoms with Crippen molar-refractivity contribution in [3.63, 3.8) is 0 Å². The van der Waals surface area contributed by atoms with E-state index < -0.39 is 0 Å². The Labute approximate surface area is 185 Å². The fraction of sp³-hybridized carbons (Fsp3) is 0.920. The van der Waals surface area contributed by atoms with E-state index in [4.69, 9.17) is 14.2 Å². The molecule has 5 heteroatoms. The third-order valence-electron chi connectivity index (χ3n) is 5.38. The van der Waals surface area contributed by atoms with Gasteiger partial charge in [-0.1, -0.05) is 59.3 Å². The highest BCUT2D eigenvalue weighted by atomic mass is 16.5. The van der Waals surface area contributed by atoms with Crippen LogP contribution >= 0.6 is 0 Å². The lowest BCUT2D eigenvalue weighted by molar-refractivity contribution is -0.149. The number of methoxy groups -OCH3 is 1. The molecule has 0 N–H and O–H groups in total. The number of ether oxygens (including phenoxy) is 3. The SMILES string of the molecule is CCCCCCC(CCOC)CCOC(=O)CCCCCC(=O)OC(C)CC(C)C. The summed E-state index contributed by atoms with van der Waals surface area (Å²) in [6.45, 7) is 9.68. The molecule has 0 fully saturated rings. The van der Waals surface area contributed by atoms with E-state index in [0.717, 1.165) is 45.1 Å². The summed E-state index contributed by atoms with van der Waals surface area (Å²) in [4.78, 5) is 23.7. The van der Waals surface area contributed by atoms with Crippen LogP contribution in [0.15, 0.2) is 0 Å². The van der Waals surface area contributed by atoms with Gasteiger partial charge in [0.15, 0.2) is 0 Å². The number of unbranched alkanes of at least 4 members (excludes halogenated alkanes) is 5. The summed E-state index contributed by atoms with van der Waals surface area (Å²) in [5.41, 5.74) is 0. The topological polar surface area (TPSA) is 61.8 Å². The van der Waals surface area contributed by atoms with Crippen LogP contribution in [-0.2, 0) is 23.8 Å². The van der Waals surface area contributed by atoms with Gasteiger partial charge in [0.05, 0.1) is 12.7 Å². The van der Waals surface area contributed by atoms with Crippen molar-refractivity contribution in [1.82, 2.24) is 0 Å². The number of hydrogen-bond donors (Lipinski definition) is 0. The first-order valence-electron chi connectivity index (χ1n) is 12.2. The van der Waals surface area contributed by atoms with Gasteiger partial charge in [0.2, 0.25) is 0 Å². The van der Waals surface area contributed by atoms with Gasteiger partial charge in [0, 0.05) is 26.6 Å². The molecule has 0 amide bonds. The molecule has 0 saturated heterocycles. The van der Waals surface area contributed by atoms with Gasteiger partial charge < -0.3 is 14.2 Å². The van der Waals surface area contributed by atoms with Gasteiger partial charge in [-0.05, 0) is 50.9 Å². The lowest BCUT2D eigenvalue weighted by Gasteiger charge is -2.16. The maximum Gasteiger partial charge on any atom is 0.306 e. The zero-order valence-electron chi connectivity index (χ0n) is 20.4. The fourth-order valence-corrected chi connectivity index (χ4v) is 3.70. The molecule has 0 aromatic heterocycles. The Balaban J connectivity index is 3.80.